The number of anilines is 1. The van der Waals surface area contributed by atoms with Gasteiger partial charge in [-0.15, -0.1) is 6.42 Å². The third kappa shape index (κ3) is 2.57. The maximum absolute atomic E-state index is 12.8. The molecule has 0 saturated heterocycles. The Morgan fingerprint density at radius 2 is 2.09 bits per heavy atom. The molecule has 0 spiro atoms. The van der Waals surface area contributed by atoms with Gasteiger partial charge in [0, 0.05) is 22.4 Å². The molecule has 0 aliphatic carbocycles. The van der Waals surface area contributed by atoms with Gasteiger partial charge >= 0.3 is 0 Å². The van der Waals surface area contributed by atoms with Crippen LogP contribution in [0.1, 0.15) is 48.6 Å². The van der Waals surface area contributed by atoms with Crippen molar-refractivity contribution in [3.63, 3.8) is 0 Å². The Balaban J connectivity index is 2.10. The van der Waals surface area contributed by atoms with Crippen molar-refractivity contribution < 1.29 is 4.79 Å². The summed E-state index contributed by atoms with van der Waals surface area (Å²) in [5.74, 6) is 2.52. The summed E-state index contributed by atoms with van der Waals surface area (Å²) in [7, 11) is 0. The highest BCUT2D eigenvalue weighted by molar-refractivity contribution is 6.01. The van der Waals surface area contributed by atoms with E-state index in [1.807, 2.05) is 24.3 Å². The van der Waals surface area contributed by atoms with E-state index in [0.29, 0.717) is 5.56 Å². The predicted molar refractivity (Wildman–Crippen MR) is 90.0 cm³/mol. The van der Waals surface area contributed by atoms with Crippen LogP contribution in [0.2, 0.25) is 0 Å². The second kappa shape index (κ2) is 5.47. The minimum atomic E-state index is -0.332. The minimum Gasteiger partial charge on any atom is -0.361 e. The van der Waals surface area contributed by atoms with Crippen LogP contribution in [-0.4, -0.2) is 27.5 Å². The molecular formula is C18H20N4O. The Kier molecular flexibility index (Phi) is 3.61. The molecule has 23 heavy (non-hydrogen) atoms. The number of amides is 1. The average molecular weight is 308 g/mol. The summed E-state index contributed by atoms with van der Waals surface area (Å²) in [6.07, 6.45) is 6.92. The molecule has 0 saturated carbocycles. The number of benzene rings is 1. The number of hydrogen-bond donors (Lipinski definition) is 2. The van der Waals surface area contributed by atoms with Gasteiger partial charge in [0.15, 0.2) is 0 Å². The third-order valence-electron chi connectivity index (χ3n) is 4.00. The molecular weight excluding hydrogens is 288 g/mol. The van der Waals surface area contributed by atoms with E-state index in [-0.39, 0.29) is 24.0 Å². The van der Waals surface area contributed by atoms with Gasteiger partial charge in [0.05, 0.1) is 18.3 Å². The van der Waals surface area contributed by atoms with Crippen molar-refractivity contribution in [2.24, 2.45) is 0 Å². The van der Waals surface area contributed by atoms with Crippen LogP contribution < -0.4 is 5.32 Å². The van der Waals surface area contributed by atoms with Crippen LogP contribution in [0.15, 0.2) is 30.5 Å². The molecule has 0 unspecified atom stereocenters. The summed E-state index contributed by atoms with van der Waals surface area (Å²) in [6, 6.07) is 7.48. The number of aromatic amines is 1. The van der Waals surface area contributed by atoms with Crippen LogP contribution in [0, 0.1) is 12.3 Å². The second-order valence-electron chi connectivity index (χ2n) is 6.68. The zero-order valence-corrected chi connectivity index (χ0v) is 13.6. The highest BCUT2D eigenvalue weighted by Crippen LogP contribution is 2.36. The summed E-state index contributed by atoms with van der Waals surface area (Å²) >= 11 is 0. The van der Waals surface area contributed by atoms with Gasteiger partial charge in [-0.25, -0.2) is 0 Å². The SMILES string of the molecule is C#CCN1C(=O)c2ccccc2N[C@H]1c1cn[nH]c1C(C)(C)C. The summed E-state index contributed by atoms with van der Waals surface area (Å²) in [5.41, 5.74) is 3.27. The molecule has 2 heterocycles. The third-order valence-corrected chi connectivity index (χ3v) is 4.00. The van der Waals surface area contributed by atoms with Crippen molar-refractivity contribution in [1.29, 1.82) is 0 Å². The van der Waals surface area contributed by atoms with Gasteiger partial charge in [-0.05, 0) is 12.1 Å². The van der Waals surface area contributed by atoms with Crippen molar-refractivity contribution in [2.45, 2.75) is 32.4 Å². The first-order chi connectivity index (χ1) is 10.9. The van der Waals surface area contributed by atoms with E-state index >= 15 is 0 Å². The lowest BCUT2D eigenvalue weighted by Crippen LogP contribution is -2.43. The number of carbonyl (C=O) groups excluding carboxylic acids is 1. The zero-order chi connectivity index (χ0) is 16.6. The van der Waals surface area contributed by atoms with Crippen LogP contribution in [0.25, 0.3) is 0 Å². The molecule has 2 N–H and O–H groups in total. The molecule has 1 aromatic heterocycles. The van der Waals surface area contributed by atoms with Crippen LogP contribution in [0.4, 0.5) is 5.69 Å². The number of aromatic nitrogens is 2. The molecule has 3 rings (SSSR count). The standard InChI is InChI=1S/C18H20N4O/c1-5-10-22-16(13-11-19-21-15(13)18(2,3)4)20-14-9-7-6-8-12(14)17(22)23/h1,6-9,11,16,20H,10H2,2-4H3,(H,19,21)/t16-/m1/s1. The number of nitrogens with one attached hydrogen (secondary N) is 2. The summed E-state index contributed by atoms with van der Waals surface area (Å²) in [6.45, 7) is 6.55. The van der Waals surface area contributed by atoms with Gasteiger partial charge in [0.1, 0.15) is 6.17 Å². The number of hydrogen-bond acceptors (Lipinski definition) is 3. The van der Waals surface area contributed by atoms with Gasteiger partial charge in [-0.1, -0.05) is 38.8 Å². The summed E-state index contributed by atoms with van der Waals surface area (Å²) in [4.78, 5) is 14.5. The van der Waals surface area contributed by atoms with Crippen molar-refractivity contribution in [3.05, 3.63) is 47.3 Å². The van der Waals surface area contributed by atoms with E-state index in [1.165, 1.54) is 0 Å². The maximum Gasteiger partial charge on any atom is 0.258 e. The molecule has 1 aliphatic rings. The lowest BCUT2D eigenvalue weighted by atomic mass is 9.88. The largest absolute Gasteiger partial charge is 0.361 e. The van der Waals surface area contributed by atoms with E-state index in [2.05, 4.69) is 42.2 Å². The second-order valence-corrected chi connectivity index (χ2v) is 6.68. The number of nitrogens with zero attached hydrogens (tertiary/aromatic N) is 2. The molecule has 1 aliphatic heterocycles. The fourth-order valence-corrected chi connectivity index (χ4v) is 2.90. The van der Waals surface area contributed by atoms with Crippen LogP contribution in [0.3, 0.4) is 0 Å². The Labute approximate surface area is 136 Å². The Morgan fingerprint density at radius 3 is 2.78 bits per heavy atom. The number of terminal acetylenes is 1. The Hall–Kier alpha value is -2.74. The van der Waals surface area contributed by atoms with Gasteiger partial charge in [0.2, 0.25) is 0 Å². The molecule has 0 radical (unpaired) electrons. The maximum atomic E-state index is 12.8. The molecule has 118 valence electrons. The number of para-hydroxylation sites is 1. The molecule has 1 atom stereocenters. The van der Waals surface area contributed by atoms with Gasteiger partial charge in [-0.2, -0.15) is 5.10 Å². The zero-order valence-electron chi connectivity index (χ0n) is 13.6. The first-order valence-corrected chi connectivity index (χ1v) is 7.57. The summed E-state index contributed by atoms with van der Waals surface area (Å²) < 4.78 is 0. The smallest absolute Gasteiger partial charge is 0.258 e. The summed E-state index contributed by atoms with van der Waals surface area (Å²) in [5, 5.41) is 10.7. The fraction of sp³-hybridized carbons (Fsp3) is 0.333. The Morgan fingerprint density at radius 1 is 1.35 bits per heavy atom. The molecule has 0 fully saturated rings. The van der Waals surface area contributed by atoms with E-state index < -0.39 is 0 Å². The first kappa shape index (κ1) is 15.2. The van der Waals surface area contributed by atoms with Crippen LogP contribution in [-0.2, 0) is 5.41 Å². The quantitative estimate of drug-likeness (QED) is 0.839. The minimum absolute atomic E-state index is 0.0663. The molecule has 0 bridgehead atoms. The first-order valence-electron chi connectivity index (χ1n) is 7.57. The van der Waals surface area contributed by atoms with Crippen molar-refractivity contribution in [2.75, 3.05) is 11.9 Å². The molecule has 1 amide bonds. The number of carbonyl (C=O) groups is 1. The van der Waals surface area contributed by atoms with E-state index in [4.69, 9.17) is 6.42 Å². The van der Waals surface area contributed by atoms with Crippen molar-refractivity contribution in [3.8, 4) is 12.3 Å². The predicted octanol–water partition coefficient (Wildman–Crippen LogP) is 2.91. The topological polar surface area (TPSA) is 61.0 Å². The fourth-order valence-electron chi connectivity index (χ4n) is 2.90. The van der Waals surface area contributed by atoms with Crippen molar-refractivity contribution in [1.82, 2.24) is 15.1 Å². The highest BCUT2D eigenvalue weighted by Gasteiger charge is 2.35. The van der Waals surface area contributed by atoms with Crippen molar-refractivity contribution >= 4 is 11.6 Å². The Bertz CT molecular complexity index is 779. The molecule has 5 nitrogen and oxygen atoms in total. The van der Waals surface area contributed by atoms with E-state index in [0.717, 1.165) is 16.9 Å². The van der Waals surface area contributed by atoms with E-state index in [1.54, 1.807) is 11.1 Å². The lowest BCUT2D eigenvalue weighted by molar-refractivity contribution is 0.0710. The van der Waals surface area contributed by atoms with Gasteiger partial charge < -0.3 is 10.2 Å². The average Bonchev–Trinajstić information content (AvgIpc) is 3.00. The molecule has 5 heteroatoms. The van der Waals surface area contributed by atoms with Gasteiger partial charge in [-0.3, -0.25) is 9.89 Å². The normalized spacial score (nSPS) is 17.4. The van der Waals surface area contributed by atoms with E-state index in [9.17, 15) is 4.79 Å². The molecule has 2 aromatic rings. The molecule has 1 aromatic carbocycles. The number of H-pyrrole nitrogens is 1. The monoisotopic (exact) mass is 308 g/mol. The number of rotatable bonds is 2. The van der Waals surface area contributed by atoms with Crippen LogP contribution >= 0.6 is 0 Å². The highest BCUT2D eigenvalue weighted by atomic mass is 16.2. The van der Waals surface area contributed by atoms with Crippen LogP contribution in [0.5, 0.6) is 0 Å². The van der Waals surface area contributed by atoms with Gasteiger partial charge in [0.25, 0.3) is 5.91 Å². The number of fused-ring (bicyclic) bond motifs is 1. The lowest BCUT2D eigenvalue weighted by Gasteiger charge is -2.37.